The third-order valence-electron chi connectivity index (χ3n) is 15.9. The van der Waals surface area contributed by atoms with Gasteiger partial charge in [0.15, 0.2) is 24.4 Å². The lowest BCUT2D eigenvalue weighted by molar-refractivity contribution is -0.178. The topological polar surface area (TPSA) is 291 Å². The summed E-state index contributed by atoms with van der Waals surface area (Å²) in [5, 5.41) is 56.3. The lowest BCUT2D eigenvalue weighted by Crippen LogP contribution is -2.57. The maximum absolute atomic E-state index is 13.4. The number of benzene rings is 4. The molecule has 23 nitrogen and oxygen atoms in total. The standard InChI is InChI=1S/C27H28ClN3O4S.C23H25BrClN3O6S.C19H21BrClN3O4S/c28-22-8-4-5-9-23(22)30-12-14-31(15-13-30)27(35)25(33)24(32)26(34)29-17-21-16-20(18-36-21)11-10-19-6-2-1-3-7-19;1-14(29)33-20(22(31)26-12-17-11-16(24)13-35-17)21(34-15(2)30)23(32)28-9-7-27(8-10-28)19-6-4-3-5-18(19)25;20-12-9-13(29-11-12)10-22-18(27)16(25)17(26)19(28)24-7-5-23(6-8-24)15-4-2-1-3-14(15)21/h1-11,16,18,24-25,32-33H,12-15,17H2,(H,29,34);3-6,11,13,20-21H,7-10,12H2,1-2H3,(H,26,31);1-4,9,11,16-17,25-26H,5-8,10H2,(H,22,27)/b11-10+;;/t24-,25-;20-,21-;16-,17-/m111/s1. The van der Waals surface area contributed by atoms with E-state index in [4.69, 9.17) is 44.3 Å². The van der Waals surface area contributed by atoms with Crippen LogP contribution in [0.1, 0.15) is 39.6 Å². The second kappa shape index (κ2) is 38.5. The Hall–Kier alpha value is -7.45. The number of piperazine rings is 3. The van der Waals surface area contributed by atoms with Crippen molar-refractivity contribution in [1.29, 1.82) is 0 Å². The van der Waals surface area contributed by atoms with Crippen molar-refractivity contribution >= 4 is 177 Å². The van der Waals surface area contributed by atoms with Gasteiger partial charge >= 0.3 is 11.9 Å². The van der Waals surface area contributed by atoms with E-state index in [0.717, 1.165) is 65.6 Å². The first-order chi connectivity index (χ1) is 47.9. The monoisotopic (exact) mass is 1610 g/mol. The number of rotatable bonds is 22. The highest BCUT2D eigenvalue weighted by Crippen LogP contribution is 2.30. The predicted octanol–water partition coefficient (Wildman–Crippen LogP) is 8.10. The fourth-order valence-electron chi connectivity index (χ4n) is 10.7. The lowest BCUT2D eigenvalue weighted by Gasteiger charge is -2.38. The molecule has 0 saturated carbocycles. The summed E-state index contributed by atoms with van der Waals surface area (Å²) in [6.07, 6.45) is -6.57. The van der Waals surface area contributed by atoms with Crippen LogP contribution in [0.5, 0.6) is 0 Å². The molecule has 3 saturated heterocycles. The summed E-state index contributed by atoms with van der Waals surface area (Å²) in [7, 11) is 0. The van der Waals surface area contributed by atoms with Gasteiger partial charge in [-0.25, -0.2) is 0 Å². The second-order valence-corrected chi connectivity index (χ2v) is 28.9. The Morgan fingerprint density at radius 3 is 1.13 bits per heavy atom. The fraction of sp³-hybridized carbons (Fsp3) is 0.333. The Kier molecular flexibility index (Phi) is 30.2. The third kappa shape index (κ3) is 22.8. The number of para-hydroxylation sites is 3. The Labute approximate surface area is 622 Å². The summed E-state index contributed by atoms with van der Waals surface area (Å²) in [5.74, 6) is -5.81. The second-order valence-electron chi connectivity index (χ2n) is 22.8. The van der Waals surface area contributed by atoms with E-state index in [2.05, 4.69) is 57.6 Å². The van der Waals surface area contributed by atoms with Gasteiger partial charge in [-0.05, 0) is 103 Å². The zero-order chi connectivity index (χ0) is 72.0. The number of amides is 6. The number of halogens is 5. The van der Waals surface area contributed by atoms with Gasteiger partial charge in [0, 0.05) is 127 Å². The van der Waals surface area contributed by atoms with Crippen LogP contribution in [0.2, 0.25) is 15.1 Å². The number of carbonyl (C=O) groups excluding carboxylic acids is 8. The van der Waals surface area contributed by atoms with Crippen molar-refractivity contribution in [3.63, 3.8) is 0 Å². The number of aliphatic hydroxyl groups excluding tert-OH is 4. The number of ether oxygens (including phenoxy) is 2. The van der Waals surface area contributed by atoms with Crippen molar-refractivity contribution in [1.82, 2.24) is 30.7 Å². The first kappa shape index (κ1) is 78.3. The molecule has 100 heavy (non-hydrogen) atoms. The van der Waals surface area contributed by atoms with Gasteiger partial charge in [0.05, 0.1) is 51.8 Å². The van der Waals surface area contributed by atoms with Crippen molar-refractivity contribution in [2.24, 2.45) is 0 Å². The van der Waals surface area contributed by atoms with Gasteiger partial charge in [0.1, 0.15) is 0 Å². The number of hydrogen-bond donors (Lipinski definition) is 7. The Balaban J connectivity index is 0.000000192. The average Bonchev–Trinajstić information content (AvgIpc) is 1.32. The summed E-state index contributed by atoms with van der Waals surface area (Å²) >= 11 is 29.8. The molecule has 3 aliphatic rings. The number of carbonyl (C=O) groups is 8. The molecule has 3 fully saturated rings. The molecule has 10 rings (SSSR count). The Morgan fingerprint density at radius 2 is 0.760 bits per heavy atom. The van der Waals surface area contributed by atoms with Gasteiger partial charge in [-0.3, -0.25) is 38.4 Å². The molecule has 3 aliphatic heterocycles. The van der Waals surface area contributed by atoms with E-state index in [1.54, 1.807) is 6.07 Å². The molecule has 0 spiro atoms. The summed E-state index contributed by atoms with van der Waals surface area (Å²) in [6, 6.07) is 37.9. The molecule has 7 N–H and O–H groups in total. The molecule has 0 bridgehead atoms. The van der Waals surface area contributed by atoms with Crippen LogP contribution in [-0.2, 0) is 67.5 Å². The zero-order valence-electron chi connectivity index (χ0n) is 54.2. The van der Waals surface area contributed by atoms with E-state index in [1.807, 2.05) is 148 Å². The van der Waals surface area contributed by atoms with Crippen molar-refractivity contribution in [2.45, 2.75) is 70.1 Å². The van der Waals surface area contributed by atoms with Gasteiger partial charge in [-0.1, -0.05) is 114 Å². The van der Waals surface area contributed by atoms with Crippen molar-refractivity contribution < 1.29 is 68.3 Å². The van der Waals surface area contributed by atoms with E-state index >= 15 is 0 Å². The number of thiophene rings is 3. The number of nitrogens with one attached hydrogen (secondary N) is 3. The molecule has 7 aromatic rings. The molecular weight excluding hydrogens is 1540 g/mol. The number of nitrogens with zero attached hydrogens (tertiary/aromatic N) is 6. The highest BCUT2D eigenvalue weighted by atomic mass is 79.9. The van der Waals surface area contributed by atoms with Crippen LogP contribution in [0.25, 0.3) is 12.2 Å². The van der Waals surface area contributed by atoms with Gasteiger partial charge in [-0.2, -0.15) is 0 Å². The molecule has 0 unspecified atom stereocenters. The predicted molar refractivity (Wildman–Crippen MR) is 395 cm³/mol. The van der Waals surface area contributed by atoms with E-state index in [1.165, 1.54) is 48.7 Å². The Bertz CT molecular complexity index is 3960. The first-order valence-corrected chi connectivity index (χ1v) is 36.8. The number of hydrogen-bond acceptors (Lipinski definition) is 20. The number of anilines is 3. The SMILES string of the molecule is CC(=O)O[C@@H](C(=O)NCc1cc(Br)cs1)[C@@H](OC(C)=O)C(=O)N1CCN(c2ccccc2Cl)CC1.O=C(NCc1cc(/C=C/c2ccccc2)cs1)[C@H](O)[C@@H](O)C(=O)N1CCN(c2ccccc2Cl)CC1.O=C(NCc1cc(Br)cs1)[C@H](O)[C@@H](O)C(=O)N1CCN(c2ccccc2Cl)CC1. The van der Waals surface area contributed by atoms with Crippen molar-refractivity contribution in [2.75, 3.05) is 93.2 Å². The molecule has 4 aromatic carbocycles. The van der Waals surface area contributed by atoms with E-state index < -0.39 is 84.0 Å². The minimum absolute atomic E-state index is 0.157. The van der Waals surface area contributed by atoms with Crippen LogP contribution in [0.4, 0.5) is 17.1 Å². The third-order valence-corrected chi connectivity index (χ3v) is 21.2. The highest BCUT2D eigenvalue weighted by molar-refractivity contribution is 9.10. The molecular formula is C69H74Br2Cl3N9O14S3. The summed E-state index contributed by atoms with van der Waals surface area (Å²) in [5.41, 5.74) is 4.72. The summed E-state index contributed by atoms with van der Waals surface area (Å²) in [6.45, 7) is 7.95. The quantitative estimate of drug-likeness (QED) is 0.0315. The first-order valence-electron chi connectivity index (χ1n) is 31.5. The van der Waals surface area contributed by atoms with E-state index in [-0.39, 0.29) is 19.6 Å². The molecule has 31 heteroatoms. The van der Waals surface area contributed by atoms with Gasteiger partial charge in [0.2, 0.25) is 12.2 Å². The normalized spacial score (nSPS) is 15.7. The van der Waals surface area contributed by atoms with Crippen LogP contribution in [0, 0.1) is 0 Å². The van der Waals surface area contributed by atoms with Crippen LogP contribution >= 0.6 is 101 Å². The summed E-state index contributed by atoms with van der Waals surface area (Å²) in [4.78, 5) is 113. The molecule has 3 aromatic heterocycles. The minimum Gasteiger partial charge on any atom is -0.448 e. The molecule has 6 amide bonds. The van der Waals surface area contributed by atoms with Gasteiger partial charge in [0.25, 0.3) is 35.4 Å². The highest BCUT2D eigenvalue weighted by Gasteiger charge is 2.43. The van der Waals surface area contributed by atoms with Crippen LogP contribution in [0.3, 0.4) is 0 Å². The molecule has 532 valence electrons. The maximum Gasteiger partial charge on any atom is 0.303 e. The van der Waals surface area contributed by atoms with E-state index in [0.29, 0.717) is 93.6 Å². The average molecular weight is 1620 g/mol. The zero-order valence-corrected chi connectivity index (χ0v) is 62.1. The summed E-state index contributed by atoms with van der Waals surface area (Å²) < 4.78 is 12.2. The largest absolute Gasteiger partial charge is 0.448 e. The van der Waals surface area contributed by atoms with Gasteiger partial charge < -0.3 is 75.2 Å². The van der Waals surface area contributed by atoms with Crippen LogP contribution in [0.15, 0.2) is 146 Å². The lowest BCUT2D eigenvalue weighted by atomic mass is 10.1. The minimum atomic E-state index is -1.85. The Morgan fingerprint density at radius 1 is 0.430 bits per heavy atom. The fourth-order valence-corrected chi connectivity index (χ4v) is 15.0. The molecule has 6 heterocycles. The van der Waals surface area contributed by atoms with Gasteiger partial charge in [-0.15, -0.1) is 34.0 Å². The maximum atomic E-state index is 13.4. The van der Waals surface area contributed by atoms with Crippen molar-refractivity contribution in [3.8, 4) is 0 Å². The number of aliphatic hydroxyl groups is 4. The molecule has 0 radical (unpaired) electrons. The van der Waals surface area contributed by atoms with Crippen LogP contribution < -0.4 is 30.7 Å². The van der Waals surface area contributed by atoms with E-state index in [9.17, 15) is 58.8 Å². The smallest absolute Gasteiger partial charge is 0.303 e. The molecule has 0 aliphatic carbocycles. The number of esters is 2. The molecule has 6 atom stereocenters. The van der Waals surface area contributed by atoms with Crippen LogP contribution in [-0.4, -0.2) is 198 Å². The van der Waals surface area contributed by atoms with Crippen molar-refractivity contribution in [3.05, 3.63) is 187 Å².